The number of non-ortho nitro benzene ring substituents is 1. The van der Waals surface area contributed by atoms with E-state index in [2.05, 4.69) is 15.1 Å². The van der Waals surface area contributed by atoms with E-state index in [1.165, 1.54) is 17.0 Å². The molecular formula is C27H29N5O7S. The summed E-state index contributed by atoms with van der Waals surface area (Å²) >= 11 is 0. The largest absolute Gasteiger partial charge is 0.467 e. The van der Waals surface area contributed by atoms with Gasteiger partial charge in [0.05, 0.1) is 23.4 Å². The van der Waals surface area contributed by atoms with E-state index < -0.39 is 37.5 Å². The molecule has 0 radical (unpaired) electrons. The number of aromatic nitrogens is 2. The van der Waals surface area contributed by atoms with Crippen LogP contribution in [0.15, 0.2) is 64.1 Å². The first-order valence-electron chi connectivity index (χ1n) is 12.3. The lowest BCUT2D eigenvalue weighted by molar-refractivity contribution is -0.385. The fraction of sp³-hybridized carbons (Fsp3) is 0.259. The third-order valence-corrected chi connectivity index (χ3v) is 7.58. The number of nitrogens with one attached hydrogen (secondary N) is 2. The second-order valence-corrected chi connectivity index (χ2v) is 11.2. The van der Waals surface area contributed by atoms with E-state index in [1.807, 2.05) is 32.0 Å². The number of nitrogens with zero attached hydrogens (tertiary/aromatic N) is 3. The zero-order valence-corrected chi connectivity index (χ0v) is 23.4. The minimum Gasteiger partial charge on any atom is -0.467 e. The third kappa shape index (κ3) is 6.05. The lowest BCUT2D eigenvalue weighted by atomic mass is 10.1. The van der Waals surface area contributed by atoms with E-state index in [-0.39, 0.29) is 23.9 Å². The van der Waals surface area contributed by atoms with Crippen LogP contribution in [0, 0.1) is 30.9 Å². The first-order valence-corrected chi connectivity index (χ1v) is 13.8. The molecule has 1 amide bonds. The summed E-state index contributed by atoms with van der Waals surface area (Å²) in [4.78, 5) is 23.5. The zero-order valence-electron chi connectivity index (χ0n) is 22.6. The first kappa shape index (κ1) is 28.5. The Bertz CT molecular complexity index is 1680. The summed E-state index contributed by atoms with van der Waals surface area (Å²) in [5, 5.41) is 18.7. The smallest absolute Gasteiger partial charge is 0.272 e. The number of sulfonamides is 1. The lowest BCUT2D eigenvalue weighted by Crippen LogP contribution is -2.30. The Morgan fingerprint density at radius 1 is 1.15 bits per heavy atom. The first-order chi connectivity index (χ1) is 18.9. The van der Waals surface area contributed by atoms with Gasteiger partial charge in [0.2, 0.25) is 15.9 Å². The number of nitro benzene ring substituents is 1. The predicted octanol–water partition coefficient (Wildman–Crippen LogP) is 4.71. The molecule has 12 nitrogen and oxygen atoms in total. The van der Waals surface area contributed by atoms with Crippen molar-refractivity contribution in [1.29, 1.82) is 0 Å². The molecule has 4 rings (SSSR count). The standard InChI is InChI=1S/C27H29N5O7S/c1-16(2)30-40(36,37)24-14-20(32(34)35)10-11-23(24)39-27-19(5)25(26(33)28-15-21-7-6-12-38-21)29-31(27)22-13-17(3)8-9-18(22)4/h6-14,16,30H,15H2,1-5H3,(H,28,33). The summed E-state index contributed by atoms with van der Waals surface area (Å²) in [6.07, 6.45) is 1.50. The number of hydrogen-bond acceptors (Lipinski definition) is 8. The molecule has 2 heterocycles. The van der Waals surface area contributed by atoms with Gasteiger partial charge >= 0.3 is 0 Å². The van der Waals surface area contributed by atoms with Gasteiger partial charge in [-0.15, -0.1) is 0 Å². The molecule has 0 aliphatic rings. The van der Waals surface area contributed by atoms with E-state index in [1.54, 1.807) is 32.9 Å². The molecule has 0 atom stereocenters. The van der Waals surface area contributed by atoms with Crippen LogP contribution in [0.5, 0.6) is 11.6 Å². The van der Waals surface area contributed by atoms with Gasteiger partial charge < -0.3 is 14.5 Å². The van der Waals surface area contributed by atoms with Crippen LogP contribution < -0.4 is 14.8 Å². The Hall–Kier alpha value is -4.49. The van der Waals surface area contributed by atoms with Gasteiger partial charge in [-0.1, -0.05) is 12.1 Å². The average molecular weight is 568 g/mol. The number of aryl methyl sites for hydroxylation is 2. The highest BCUT2D eigenvalue weighted by Gasteiger charge is 2.28. The molecule has 0 aliphatic carbocycles. The highest BCUT2D eigenvalue weighted by Crippen LogP contribution is 2.36. The average Bonchev–Trinajstić information content (AvgIpc) is 3.52. The Morgan fingerprint density at radius 2 is 1.90 bits per heavy atom. The van der Waals surface area contributed by atoms with Gasteiger partial charge in [0.15, 0.2) is 5.69 Å². The van der Waals surface area contributed by atoms with Crippen LogP contribution in [0.4, 0.5) is 5.69 Å². The molecule has 0 bridgehead atoms. The summed E-state index contributed by atoms with van der Waals surface area (Å²) in [5.74, 6) is -0.0433. The van der Waals surface area contributed by atoms with Crippen molar-refractivity contribution >= 4 is 21.6 Å². The summed E-state index contributed by atoms with van der Waals surface area (Å²) in [5.41, 5.74) is 2.30. The van der Waals surface area contributed by atoms with Crippen molar-refractivity contribution in [2.75, 3.05) is 0 Å². The quantitative estimate of drug-likeness (QED) is 0.206. The van der Waals surface area contributed by atoms with Crippen LogP contribution in [-0.4, -0.2) is 35.1 Å². The molecular weight excluding hydrogens is 538 g/mol. The van der Waals surface area contributed by atoms with Crippen molar-refractivity contribution < 1.29 is 27.3 Å². The minimum absolute atomic E-state index is 0.0501. The van der Waals surface area contributed by atoms with Gasteiger partial charge in [0.25, 0.3) is 11.6 Å². The van der Waals surface area contributed by atoms with Gasteiger partial charge in [-0.3, -0.25) is 14.9 Å². The predicted molar refractivity (Wildman–Crippen MR) is 146 cm³/mol. The number of hydrogen-bond donors (Lipinski definition) is 2. The van der Waals surface area contributed by atoms with Crippen LogP contribution in [0.1, 0.15) is 46.8 Å². The second-order valence-electron chi connectivity index (χ2n) is 9.51. The number of amides is 1. The molecule has 2 aromatic heterocycles. The van der Waals surface area contributed by atoms with Crippen LogP contribution in [0.25, 0.3) is 5.69 Å². The van der Waals surface area contributed by atoms with Gasteiger partial charge in [-0.25, -0.2) is 13.1 Å². The van der Waals surface area contributed by atoms with Crippen LogP contribution >= 0.6 is 0 Å². The molecule has 13 heteroatoms. The van der Waals surface area contributed by atoms with Crippen molar-refractivity contribution in [1.82, 2.24) is 19.8 Å². The van der Waals surface area contributed by atoms with Crippen molar-refractivity contribution in [2.24, 2.45) is 0 Å². The maximum Gasteiger partial charge on any atom is 0.272 e. The lowest BCUT2D eigenvalue weighted by Gasteiger charge is -2.16. The molecule has 40 heavy (non-hydrogen) atoms. The van der Waals surface area contributed by atoms with E-state index in [4.69, 9.17) is 9.15 Å². The third-order valence-electron chi connectivity index (χ3n) is 5.90. The maximum absolute atomic E-state index is 13.2. The highest BCUT2D eigenvalue weighted by molar-refractivity contribution is 7.89. The van der Waals surface area contributed by atoms with Crippen molar-refractivity contribution in [3.8, 4) is 17.3 Å². The molecule has 4 aromatic rings. The molecule has 0 spiro atoms. The highest BCUT2D eigenvalue weighted by atomic mass is 32.2. The maximum atomic E-state index is 13.2. The summed E-state index contributed by atoms with van der Waals surface area (Å²) in [6, 6.07) is 11.9. The van der Waals surface area contributed by atoms with E-state index in [0.717, 1.165) is 23.3 Å². The monoisotopic (exact) mass is 567 g/mol. The Kier molecular flexibility index (Phi) is 8.07. The fourth-order valence-electron chi connectivity index (χ4n) is 3.97. The second kappa shape index (κ2) is 11.3. The van der Waals surface area contributed by atoms with Crippen molar-refractivity contribution in [2.45, 2.75) is 52.1 Å². The van der Waals surface area contributed by atoms with Gasteiger partial charge in [0, 0.05) is 23.7 Å². The molecule has 2 aromatic carbocycles. The van der Waals surface area contributed by atoms with E-state index >= 15 is 0 Å². The molecule has 0 aliphatic heterocycles. The van der Waals surface area contributed by atoms with Gasteiger partial charge in [0.1, 0.15) is 16.4 Å². The van der Waals surface area contributed by atoms with Gasteiger partial charge in [-0.05, 0) is 70.0 Å². The van der Waals surface area contributed by atoms with E-state index in [9.17, 15) is 23.3 Å². The number of furan rings is 1. The van der Waals surface area contributed by atoms with Crippen LogP contribution in [-0.2, 0) is 16.6 Å². The Labute approximate surface area is 231 Å². The topological polar surface area (TPSA) is 159 Å². The fourth-order valence-corrected chi connectivity index (χ4v) is 5.37. The summed E-state index contributed by atoms with van der Waals surface area (Å²) in [7, 11) is -4.21. The van der Waals surface area contributed by atoms with Gasteiger partial charge in [-0.2, -0.15) is 9.78 Å². The summed E-state index contributed by atoms with van der Waals surface area (Å²) < 4.78 is 41.6. The number of carbonyl (C=O) groups is 1. The number of benzene rings is 2. The van der Waals surface area contributed by atoms with Crippen molar-refractivity contribution in [3.05, 3.63) is 93.1 Å². The van der Waals surface area contributed by atoms with Crippen LogP contribution in [0.3, 0.4) is 0 Å². The molecule has 210 valence electrons. The normalized spacial score (nSPS) is 11.6. The van der Waals surface area contributed by atoms with Crippen molar-refractivity contribution in [3.63, 3.8) is 0 Å². The Morgan fingerprint density at radius 3 is 2.55 bits per heavy atom. The number of ether oxygens (including phenoxy) is 1. The summed E-state index contributed by atoms with van der Waals surface area (Å²) in [6.45, 7) is 8.77. The molecule has 0 fully saturated rings. The zero-order chi connectivity index (χ0) is 29.2. The van der Waals surface area contributed by atoms with Crippen LogP contribution in [0.2, 0.25) is 0 Å². The number of nitro groups is 1. The molecule has 0 saturated heterocycles. The molecule has 0 unspecified atom stereocenters. The SMILES string of the molecule is Cc1ccc(C)c(-n2nc(C(=O)NCc3ccco3)c(C)c2Oc2ccc([N+](=O)[O-])cc2S(=O)(=O)NC(C)C)c1. The molecule has 0 saturated carbocycles. The Balaban J connectivity index is 1.85. The molecule has 2 N–H and O–H groups in total. The van der Waals surface area contributed by atoms with E-state index in [0.29, 0.717) is 17.0 Å². The minimum atomic E-state index is -4.21. The number of rotatable bonds is 10. The number of carbonyl (C=O) groups excluding carboxylic acids is 1.